The maximum atomic E-state index is 5.63. The summed E-state index contributed by atoms with van der Waals surface area (Å²) in [6.45, 7) is 4.31. The third-order valence-corrected chi connectivity index (χ3v) is 3.65. The zero-order chi connectivity index (χ0) is 10.4. The minimum Gasteiger partial charge on any atom is -0.127 e. The van der Waals surface area contributed by atoms with Crippen molar-refractivity contribution in [3.63, 3.8) is 0 Å². The molecule has 78 valence electrons. The Morgan fingerprint density at radius 1 is 1.21 bits per heavy atom. The van der Waals surface area contributed by atoms with Crippen molar-refractivity contribution in [2.45, 2.75) is 31.6 Å². The van der Waals surface area contributed by atoms with Gasteiger partial charge in [-0.3, -0.25) is 0 Å². The molecule has 0 saturated carbocycles. The molecule has 2 heteroatoms. The van der Waals surface area contributed by atoms with Gasteiger partial charge < -0.3 is 0 Å². The van der Waals surface area contributed by atoms with E-state index in [1.54, 1.807) is 0 Å². The van der Waals surface area contributed by atoms with Crippen molar-refractivity contribution in [3.8, 4) is 0 Å². The van der Waals surface area contributed by atoms with Gasteiger partial charge in [0, 0.05) is 10.8 Å². The summed E-state index contributed by atoms with van der Waals surface area (Å²) < 4.78 is 0. The van der Waals surface area contributed by atoms with Crippen LogP contribution in [0.5, 0.6) is 0 Å². The van der Waals surface area contributed by atoms with Crippen LogP contribution in [-0.2, 0) is 0 Å². The van der Waals surface area contributed by atoms with Crippen molar-refractivity contribution in [3.05, 3.63) is 29.3 Å². The fourth-order valence-electron chi connectivity index (χ4n) is 1.34. The molecule has 0 fully saturated rings. The number of unbranched alkanes of at least 4 members (excludes halogenated alkanes) is 1. The van der Waals surface area contributed by atoms with Crippen LogP contribution in [0.2, 0.25) is 0 Å². The molecule has 0 radical (unpaired) electrons. The normalized spacial score (nSPS) is 10.5. The zero-order valence-corrected chi connectivity index (χ0v) is 10.4. The van der Waals surface area contributed by atoms with E-state index in [0.29, 0.717) is 0 Å². The van der Waals surface area contributed by atoms with Crippen LogP contribution in [-0.4, -0.2) is 11.6 Å². The van der Waals surface area contributed by atoms with Crippen LogP contribution in [0.3, 0.4) is 0 Å². The molecule has 1 aromatic rings. The third-order valence-electron chi connectivity index (χ3n) is 2.12. The average molecular weight is 229 g/mol. The first-order chi connectivity index (χ1) is 6.74. The molecule has 1 rings (SSSR count). The summed E-state index contributed by atoms with van der Waals surface area (Å²) >= 11 is 7.56. The molecule has 14 heavy (non-hydrogen) atoms. The van der Waals surface area contributed by atoms with Gasteiger partial charge in [-0.2, -0.15) is 0 Å². The summed E-state index contributed by atoms with van der Waals surface area (Å²) in [5, 5.41) is 0. The Morgan fingerprint density at radius 2 is 2.00 bits per heavy atom. The molecule has 0 aliphatic rings. The summed E-state index contributed by atoms with van der Waals surface area (Å²) in [6.07, 6.45) is 2.33. The molecule has 0 unspecified atom stereocenters. The van der Waals surface area contributed by atoms with E-state index in [9.17, 15) is 0 Å². The molecule has 0 aliphatic heterocycles. The van der Waals surface area contributed by atoms with E-state index in [4.69, 9.17) is 11.6 Å². The first-order valence-corrected chi connectivity index (χ1v) is 6.52. The quantitative estimate of drug-likeness (QED) is 0.409. The molecule has 0 nitrogen and oxygen atoms in total. The molecule has 0 aromatic heterocycles. The highest BCUT2D eigenvalue weighted by Crippen LogP contribution is 2.24. The summed E-state index contributed by atoms with van der Waals surface area (Å²) in [5.41, 5.74) is 2.73. The first kappa shape index (κ1) is 11.9. The molecule has 0 amide bonds. The predicted molar refractivity (Wildman–Crippen MR) is 66.6 cm³/mol. The maximum absolute atomic E-state index is 5.63. The van der Waals surface area contributed by atoms with Gasteiger partial charge in [-0.1, -0.05) is 17.7 Å². The number of hydrogen-bond donors (Lipinski definition) is 0. The summed E-state index contributed by atoms with van der Waals surface area (Å²) in [4.78, 5) is 1.41. The van der Waals surface area contributed by atoms with Crippen molar-refractivity contribution in [1.82, 2.24) is 0 Å². The van der Waals surface area contributed by atoms with Crippen molar-refractivity contribution in [1.29, 1.82) is 0 Å². The largest absolute Gasteiger partial charge is 0.127 e. The molecular weight excluding hydrogens is 212 g/mol. The van der Waals surface area contributed by atoms with Gasteiger partial charge in [-0.25, -0.2) is 0 Å². The molecule has 0 spiro atoms. The molecule has 0 heterocycles. The number of rotatable bonds is 5. The van der Waals surface area contributed by atoms with E-state index in [-0.39, 0.29) is 0 Å². The van der Waals surface area contributed by atoms with E-state index in [0.717, 1.165) is 12.3 Å². The summed E-state index contributed by atoms with van der Waals surface area (Å²) in [5.74, 6) is 1.96. The van der Waals surface area contributed by atoms with Crippen LogP contribution in [0, 0.1) is 13.8 Å². The lowest BCUT2D eigenvalue weighted by Gasteiger charge is -2.05. The Morgan fingerprint density at radius 3 is 2.64 bits per heavy atom. The van der Waals surface area contributed by atoms with Crippen molar-refractivity contribution in [2.24, 2.45) is 0 Å². The second-order valence-electron chi connectivity index (χ2n) is 3.51. The number of aryl methyl sites for hydroxylation is 2. The number of alkyl halides is 1. The standard InChI is InChI=1S/C12H17ClS/c1-10-5-6-12(11(2)9-10)14-8-4-3-7-13/h5-6,9H,3-4,7-8H2,1-2H3. The van der Waals surface area contributed by atoms with Crippen LogP contribution in [0.15, 0.2) is 23.1 Å². The number of benzene rings is 1. The lowest BCUT2D eigenvalue weighted by atomic mass is 10.2. The molecule has 0 aliphatic carbocycles. The lowest BCUT2D eigenvalue weighted by Crippen LogP contribution is -1.85. The second-order valence-corrected chi connectivity index (χ2v) is 5.03. The highest BCUT2D eigenvalue weighted by molar-refractivity contribution is 7.99. The van der Waals surface area contributed by atoms with E-state index in [1.165, 1.54) is 28.2 Å². The van der Waals surface area contributed by atoms with Crippen molar-refractivity contribution < 1.29 is 0 Å². The van der Waals surface area contributed by atoms with Crippen LogP contribution in [0.4, 0.5) is 0 Å². The second kappa shape index (κ2) is 6.36. The monoisotopic (exact) mass is 228 g/mol. The molecule has 0 saturated heterocycles. The Labute approximate surface area is 96.0 Å². The topological polar surface area (TPSA) is 0 Å². The van der Waals surface area contributed by atoms with Gasteiger partial charge in [0.25, 0.3) is 0 Å². The van der Waals surface area contributed by atoms with E-state index in [1.807, 2.05) is 11.8 Å². The first-order valence-electron chi connectivity index (χ1n) is 5.00. The fourth-order valence-corrected chi connectivity index (χ4v) is 2.55. The minimum absolute atomic E-state index is 0.785. The smallest absolute Gasteiger partial charge is 0.0223 e. The van der Waals surface area contributed by atoms with Gasteiger partial charge in [0.2, 0.25) is 0 Å². The van der Waals surface area contributed by atoms with Crippen molar-refractivity contribution >= 4 is 23.4 Å². The molecule has 0 N–H and O–H groups in total. The van der Waals surface area contributed by atoms with E-state index < -0.39 is 0 Å². The Kier molecular flexibility index (Phi) is 5.42. The highest BCUT2D eigenvalue weighted by Gasteiger charge is 1.98. The predicted octanol–water partition coefficient (Wildman–Crippen LogP) is 4.41. The lowest BCUT2D eigenvalue weighted by molar-refractivity contribution is 0.902. The fraction of sp³-hybridized carbons (Fsp3) is 0.500. The molecule has 0 bridgehead atoms. The number of halogens is 1. The van der Waals surface area contributed by atoms with Gasteiger partial charge in [0.05, 0.1) is 0 Å². The van der Waals surface area contributed by atoms with Crippen molar-refractivity contribution in [2.75, 3.05) is 11.6 Å². The SMILES string of the molecule is Cc1ccc(SCCCCCl)c(C)c1. The Bertz CT molecular complexity index is 284. The summed E-state index contributed by atoms with van der Waals surface area (Å²) in [6, 6.07) is 6.64. The van der Waals surface area contributed by atoms with Gasteiger partial charge in [0.1, 0.15) is 0 Å². The van der Waals surface area contributed by atoms with Gasteiger partial charge in [0.15, 0.2) is 0 Å². The van der Waals surface area contributed by atoms with Crippen LogP contribution >= 0.6 is 23.4 Å². The molecular formula is C12H17ClS. The zero-order valence-electron chi connectivity index (χ0n) is 8.85. The Balaban J connectivity index is 2.42. The molecule has 0 atom stereocenters. The third kappa shape index (κ3) is 3.93. The van der Waals surface area contributed by atoms with Crippen LogP contribution < -0.4 is 0 Å². The van der Waals surface area contributed by atoms with Crippen LogP contribution in [0.1, 0.15) is 24.0 Å². The average Bonchev–Trinajstić information content (AvgIpc) is 2.15. The van der Waals surface area contributed by atoms with Crippen LogP contribution in [0.25, 0.3) is 0 Å². The Hall–Kier alpha value is -0.140. The highest BCUT2D eigenvalue weighted by atomic mass is 35.5. The van der Waals surface area contributed by atoms with E-state index >= 15 is 0 Å². The molecule has 1 aromatic carbocycles. The maximum Gasteiger partial charge on any atom is 0.0223 e. The number of thioether (sulfide) groups is 1. The van der Waals surface area contributed by atoms with E-state index in [2.05, 4.69) is 32.0 Å². The summed E-state index contributed by atoms with van der Waals surface area (Å²) in [7, 11) is 0. The number of hydrogen-bond acceptors (Lipinski definition) is 1. The minimum atomic E-state index is 0.785. The van der Waals surface area contributed by atoms with Gasteiger partial charge in [-0.05, 0) is 44.1 Å². The van der Waals surface area contributed by atoms with Gasteiger partial charge >= 0.3 is 0 Å². The van der Waals surface area contributed by atoms with Gasteiger partial charge in [-0.15, -0.1) is 23.4 Å².